The first-order valence-corrected chi connectivity index (χ1v) is 7.25. The van der Waals surface area contributed by atoms with Crippen LogP contribution in [0.3, 0.4) is 0 Å². The van der Waals surface area contributed by atoms with E-state index >= 15 is 0 Å². The van der Waals surface area contributed by atoms with Crippen molar-refractivity contribution in [2.75, 3.05) is 0 Å². The van der Waals surface area contributed by atoms with E-state index in [0.29, 0.717) is 10.6 Å². The Morgan fingerprint density at radius 1 is 0.905 bits per heavy atom. The third-order valence-corrected chi connectivity index (χ3v) is 4.03. The van der Waals surface area contributed by atoms with E-state index in [-0.39, 0.29) is 5.78 Å². The van der Waals surface area contributed by atoms with E-state index in [9.17, 15) is 4.79 Å². The maximum Gasteiger partial charge on any atom is 0.194 e. The smallest absolute Gasteiger partial charge is 0.194 e. The first kappa shape index (κ1) is 13.8. The van der Waals surface area contributed by atoms with Crippen molar-refractivity contribution >= 4 is 28.2 Å². The number of rotatable bonds is 2. The normalized spacial score (nSPS) is 10.8. The van der Waals surface area contributed by atoms with Gasteiger partial charge in [0.25, 0.3) is 0 Å². The van der Waals surface area contributed by atoms with Crippen LogP contribution >= 0.6 is 11.6 Å². The highest BCUT2D eigenvalue weighted by Crippen LogP contribution is 2.26. The summed E-state index contributed by atoms with van der Waals surface area (Å²) in [7, 11) is 0. The monoisotopic (exact) mass is 294 g/mol. The zero-order chi connectivity index (χ0) is 15.0. The molecule has 0 aliphatic heterocycles. The molecule has 3 aromatic carbocycles. The van der Waals surface area contributed by atoms with Gasteiger partial charge in [0, 0.05) is 16.1 Å². The summed E-state index contributed by atoms with van der Waals surface area (Å²) in [5.74, 6) is 0.0541. The minimum Gasteiger partial charge on any atom is -0.289 e. The van der Waals surface area contributed by atoms with E-state index in [4.69, 9.17) is 11.6 Å². The third-order valence-electron chi connectivity index (χ3n) is 3.80. The summed E-state index contributed by atoms with van der Waals surface area (Å²) in [5, 5.41) is 2.73. The molecular weight excluding hydrogens is 280 g/mol. The van der Waals surface area contributed by atoms with Crippen LogP contribution in [0.15, 0.2) is 54.6 Å². The largest absolute Gasteiger partial charge is 0.289 e. The van der Waals surface area contributed by atoms with Crippen LogP contribution in [0, 0.1) is 13.8 Å². The number of benzene rings is 3. The molecule has 0 atom stereocenters. The lowest BCUT2D eigenvalue weighted by atomic mass is 9.91. The molecule has 0 bridgehead atoms. The molecule has 3 aromatic rings. The molecule has 0 aliphatic rings. The van der Waals surface area contributed by atoms with Gasteiger partial charge in [-0.25, -0.2) is 0 Å². The fourth-order valence-electron chi connectivity index (χ4n) is 2.70. The number of hydrogen-bond donors (Lipinski definition) is 0. The molecule has 0 N–H and O–H groups in total. The molecule has 0 saturated heterocycles. The minimum atomic E-state index is 0.0541. The van der Waals surface area contributed by atoms with Gasteiger partial charge in [0.05, 0.1) is 0 Å². The van der Waals surface area contributed by atoms with Gasteiger partial charge in [-0.05, 0) is 53.9 Å². The maximum atomic E-state index is 13.0. The Kier molecular flexibility index (Phi) is 3.52. The summed E-state index contributed by atoms with van der Waals surface area (Å²) in [4.78, 5) is 13.0. The van der Waals surface area contributed by atoms with Gasteiger partial charge in [0.15, 0.2) is 5.78 Å². The molecule has 0 aromatic heterocycles. The molecular formula is C19H15ClO. The number of ketones is 1. The summed E-state index contributed by atoms with van der Waals surface area (Å²) in [6.07, 6.45) is 0. The molecule has 0 spiro atoms. The molecule has 0 radical (unpaired) electrons. The zero-order valence-corrected chi connectivity index (χ0v) is 12.7. The molecule has 0 aliphatic carbocycles. The predicted octanol–water partition coefficient (Wildman–Crippen LogP) is 5.34. The lowest BCUT2D eigenvalue weighted by Gasteiger charge is -2.11. The van der Waals surface area contributed by atoms with Crippen LogP contribution in [0.5, 0.6) is 0 Å². The fourth-order valence-corrected chi connectivity index (χ4v) is 2.93. The van der Waals surface area contributed by atoms with Crippen molar-refractivity contribution in [1.29, 1.82) is 0 Å². The second kappa shape index (κ2) is 5.34. The Hall–Kier alpha value is -2.12. The average molecular weight is 295 g/mol. The number of hydrogen-bond acceptors (Lipinski definition) is 1. The van der Waals surface area contributed by atoms with Gasteiger partial charge in [0.1, 0.15) is 0 Å². The van der Waals surface area contributed by atoms with Crippen molar-refractivity contribution in [2.24, 2.45) is 0 Å². The number of fused-ring (bicyclic) bond motifs is 1. The van der Waals surface area contributed by atoms with Crippen molar-refractivity contribution in [3.8, 4) is 0 Å². The maximum absolute atomic E-state index is 13.0. The van der Waals surface area contributed by atoms with E-state index < -0.39 is 0 Å². The first-order valence-electron chi connectivity index (χ1n) is 6.87. The van der Waals surface area contributed by atoms with E-state index in [2.05, 4.69) is 6.07 Å². The van der Waals surface area contributed by atoms with Crippen molar-refractivity contribution in [3.63, 3.8) is 0 Å². The molecule has 0 fully saturated rings. The Bertz CT molecular complexity index is 849. The van der Waals surface area contributed by atoms with Crippen molar-refractivity contribution in [3.05, 3.63) is 81.9 Å². The molecule has 0 unspecified atom stereocenters. The van der Waals surface area contributed by atoms with Gasteiger partial charge in [-0.2, -0.15) is 0 Å². The highest BCUT2D eigenvalue weighted by atomic mass is 35.5. The van der Waals surface area contributed by atoms with Gasteiger partial charge >= 0.3 is 0 Å². The van der Waals surface area contributed by atoms with Crippen molar-refractivity contribution in [2.45, 2.75) is 13.8 Å². The summed E-state index contributed by atoms with van der Waals surface area (Å²) in [5.41, 5.74) is 3.38. The van der Waals surface area contributed by atoms with E-state index in [1.54, 1.807) is 12.1 Å². The van der Waals surface area contributed by atoms with Crippen LogP contribution in [0.1, 0.15) is 27.0 Å². The molecule has 0 heterocycles. The summed E-state index contributed by atoms with van der Waals surface area (Å²) < 4.78 is 0. The predicted molar refractivity (Wildman–Crippen MR) is 88.3 cm³/mol. The third kappa shape index (κ3) is 2.45. The number of carbonyl (C=O) groups excluding carboxylic acids is 1. The van der Waals surface area contributed by atoms with E-state index in [1.165, 1.54) is 0 Å². The Morgan fingerprint density at radius 3 is 2.43 bits per heavy atom. The topological polar surface area (TPSA) is 17.1 Å². The highest BCUT2D eigenvalue weighted by molar-refractivity contribution is 6.31. The van der Waals surface area contributed by atoms with Gasteiger partial charge in [-0.3, -0.25) is 4.79 Å². The first-order chi connectivity index (χ1) is 10.1. The van der Waals surface area contributed by atoms with Crippen molar-refractivity contribution in [1.82, 2.24) is 0 Å². The summed E-state index contributed by atoms with van der Waals surface area (Å²) in [6.45, 7) is 3.89. The molecule has 0 amide bonds. The van der Waals surface area contributed by atoms with Crippen LogP contribution in [0.2, 0.25) is 5.02 Å². The van der Waals surface area contributed by atoms with Crippen LogP contribution in [0.4, 0.5) is 0 Å². The number of carbonyl (C=O) groups is 1. The van der Waals surface area contributed by atoms with Gasteiger partial charge in [-0.1, -0.05) is 48.0 Å². The van der Waals surface area contributed by atoms with Crippen LogP contribution in [-0.4, -0.2) is 5.78 Å². The van der Waals surface area contributed by atoms with Crippen LogP contribution in [-0.2, 0) is 0 Å². The second-order valence-electron chi connectivity index (χ2n) is 5.27. The molecule has 2 heteroatoms. The summed E-state index contributed by atoms with van der Waals surface area (Å²) >= 11 is 5.98. The van der Waals surface area contributed by atoms with Crippen LogP contribution in [0.25, 0.3) is 10.8 Å². The minimum absolute atomic E-state index is 0.0541. The molecule has 3 rings (SSSR count). The Morgan fingerprint density at radius 2 is 1.67 bits per heavy atom. The van der Waals surface area contributed by atoms with Crippen molar-refractivity contribution < 1.29 is 4.79 Å². The average Bonchev–Trinajstić information content (AvgIpc) is 2.46. The lowest BCUT2D eigenvalue weighted by Crippen LogP contribution is -2.06. The van der Waals surface area contributed by atoms with Gasteiger partial charge in [0.2, 0.25) is 0 Å². The fraction of sp³-hybridized carbons (Fsp3) is 0.105. The zero-order valence-electron chi connectivity index (χ0n) is 12.0. The molecule has 1 nitrogen and oxygen atoms in total. The molecule has 104 valence electrons. The Labute approximate surface area is 129 Å². The van der Waals surface area contributed by atoms with E-state index in [0.717, 1.165) is 27.5 Å². The van der Waals surface area contributed by atoms with E-state index in [1.807, 2.05) is 50.2 Å². The lowest BCUT2D eigenvalue weighted by molar-refractivity contribution is 0.103. The Balaban J connectivity index is 2.24. The summed E-state index contributed by atoms with van der Waals surface area (Å²) in [6, 6.07) is 17.4. The van der Waals surface area contributed by atoms with Gasteiger partial charge < -0.3 is 0 Å². The second-order valence-corrected chi connectivity index (χ2v) is 5.70. The molecule has 0 saturated carbocycles. The highest BCUT2D eigenvalue weighted by Gasteiger charge is 2.17. The number of aryl methyl sites for hydroxylation is 2. The van der Waals surface area contributed by atoms with Gasteiger partial charge in [-0.15, -0.1) is 0 Å². The molecule has 21 heavy (non-hydrogen) atoms. The standard InChI is InChI=1S/C19H15ClO/c1-12-7-8-14-5-3-4-6-17(14)18(12)19(21)16-10-9-15(20)11-13(16)2/h3-11H,1-2H3. The SMILES string of the molecule is Cc1cc(Cl)ccc1C(=O)c1c(C)ccc2ccccc12. The number of halogens is 1. The quantitative estimate of drug-likeness (QED) is 0.583. The van der Waals surface area contributed by atoms with Crippen LogP contribution < -0.4 is 0 Å².